The van der Waals surface area contributed by atoms with Crippen molar-refractivity contribution in [3.8, 4) is 0 Å². The standard InChI is InChI=1S/C29H53NO4/c1-5-6-7-8-9-10-11-12-13-14-15-16-17-18-19-20-21-22-23-24-29(33)34-27(25-28(31)32)26-30(2,3)4/h9-10,12-13,27H,5-8,11,14-26H2,1-4H3/b10-9-,13-12-. The van der Waals surface area contributed by atoms with Crippen LogP contribution in [0.25, 0.3) is 0 Å². The van der Waals surface area contributed by atoms with E-state index in [1.165, 1.54) is 70.6 Å². The number of carbonyl (C=O) groups is 2. The topological polar surface area (TPSA) is 66.4 Å². The van der Waals surface area contributed by atoms with E-state index in [9.17, 15) is 14.7 Å². The molecular formula is C29H53NO4. The molecule has 5 nitrogen and oxygen atoms in total. The van der Waals surface area contributed by atoms with Gasteiger partial charge in [-0.05, 0) is 38.5 Å². The Kier molecular flexibility index (Phi) is 20.8. The molecule has 0 aromatic carbocycles. The Labute approximate surface area is 210 Å². The molecule has 0 aliphatic carbocycles. The molecule has 0 saturated carbocycles. The lowest BCUT2D eigenvalue weighted by Gasteiger charge is -2.29. The fourth-order valence-electron chi connectivity index (χ4n) is 3.97. The smallest absolute Gasteiger partial charge is 0.306 e. The Morgan fingerprint density at radius 2 is 1.26 bits per heavy atom. The Balaban J connectivity index is 3.56. The molecule has 0 rings (SSSR count). The lowest BCUT2D eigenvalue weighted by Crippen LogP contribution is -2.45. The first-order valence-electron chi connectivity index (χ1n) is 13.7. The number of aliphatic carboxylic acids is 1. The second-order valence-corrected chi connectivity index (χ2v) is 10.6. The number of rotatable bonds is 23. The Hall–Kier alpha value is -1.62. The van der Waals surface area contributed by atoms with Gasteiger partial charge in [-0.15, -0.1) is 0 Å². The van der Waals surface area contributed by atoms with Crippen LogP contribution >= 0.6 is 0 Å². The van der Waals surface area contributed by atoms with E-state index in [0.29, 0.717) is 17.4 Å². The zero-order valence-corrected chi connectivity index (χ0v) is 22.7. The van der Waals surface area contributed by atoms with Crippen LogP contribution in [0.5, 0.6) is 0 Å². The van der Waals surface area contributed by atoms with E-state index in [4.69, 9.17) is 4.74 Å². The van der Waals surface area contributed by atoms with Crippen molar-refractivity contribution in [1.29, 1.82) is 0 Å². The molecule has 198 valence electrons. The summed E-state index contributed by atoms with van der Waals surface area (Å²) >= 11 is 0. The number of unbranched alkanes of at least 4 members (excludes halogenated alkanes) is 12. The number of nitrogens with zero attached hydrogens (tertiary/aromatic N) is 1. The highest BCUT2D eigenvalue weighted by Crippen LogP contribution is 2.13. The first kappa shape index (κ1) is 32.4. The van der Waals surface area contributed by atoms with E-state index in [0.717, 1.165) is 25.7 Å². The second kappa shape index (κ2) is 21.9. The number of carbonyl (C=O) groups excluding carboxylic acids is 2. The van der Waals surface area contributed by atoms with Crippen LogP contribution in [0, 0.1) is 0 Å². The van der Waals surface area contributed by atoms with Gasteiger partial charge in [0.2, 0.25) is 0 Å². The van der Waals surface area contributed by atoms with Gasteiger partial charge in [-0.25, -0.2) is 0 Å². The van der Waals surface area contributed by atoms with Crippen LogP contribution < -0.4 is 5.11 Å². The lowest BCUT2D eigenvalue weighted by atomic mass is 10.1. The molecule has 5 heteroatoms. The quantitative estimate of drug-likeness (QED) is 0.0766. The molecule has 0 radical (unpaired) electrons. The molecule has 0 aliphatic rings. The molecule has 0 aromatic rings. The maximum Gasteiger partial charge on any atom is 0.306 e. The molecule has 0 aliphatic heterocycles. The van der Waals surface area contributed by atoms with Gasteiger partial charge < -0.3 is 19.1 Å². The average Bonchev–Trinajstić information content (AvgIpc) is 2.73. The van der Waals surface area contributed by atoms with Crippen LogP contribution in [0.2, 0.25) is 0 Å². The normalized spacial score (nSPS) is 13.1. The fourth-order valence-corrected chi connectivity index (χ4v) is 3.97. The predicted molar refractivity (Wildman–Crippen MR) is 140 cm³/mol. The van der Waals surface area contributed by atoms with Crippen molar-refractivity contribution in [2.75, 3.05) is 27.7 Å². The number of quaternary nitrogens is 1. The third-order valence-electron chi connectivity index (χ3n) is 5.78. The van der Waals surface area contributed by atoms with Gasteiger partial charge in [-0.2, -0.15) is 0 Å². The van der Waals surface area contributed by atoms with Gasteiger partial charge in [0, 0.05) is 18.8 Å². The first-order valence-corrected chi connectivity index (χ1v) is 13.7. The van der Waals surface area contributed by atoms with Crippen molar-refractivity contribution in [3.63, 3.8) is 0 Å². The highest BCUT2D eigenvalue weighted by Gasteiger charge is 2.22. The number of hydrogen-bond donors (Lipinski definition) is 0. The molecule has 1 unspecified atom stereocenters. The van der Waals surface area contributed by atoms with Crippen LogP contribution in [0.15, 0.2) is 24.3 Å². The van der Waals surface area contributed by atoms with Crippen molar-refractivity contribution in [2.24, 2.45) is 0 Å². The Bertz CT molecular complexity index is 563. The zero-order chi connectivity index (χ0) is 25.5. The van der Waals surface area contributed by atoms with Crippen LogP contribution in [0.3, 0.4) is 0 Å². The van der Waals surface area contributed by atoms with Crippen LogP contribution in [0.4, 0.5) is 0 Å². The molecule has 0 N–H and O–H groups in total. The molecule has 0 fully saturated rings. The summed E-state index contributed by atoms with van der Waals surface area (Å²) in [4.78, 5) is 23.0. The minimum Gasteiger partial charge on any atom is -0.550 e. The van der Waals surface area contributed by atoms with Gasteiger partial charge >= 0.3 is 5.97 Å². The van der Waals surface area contributed by atoms with Crippen molar-refractivity contribution in [3.05, 3.63) is 24.3 Å². The van der Waals surface area contributed by atoms with Gasteiger partial charge in [0.05, 0.1) is 21.1 Å². The lowest BCUT2D eigenvalue weighted by molar-refractivity contribution is -0.873. The van der Waals surface area contributed by atoms with Crippen molar-refractivity contribution >= 4 is 11.9 Å². The molecule has 0 heterocycles. The van der Waals surface area contributed by atoms with E-state index in [2.05, 4.69) is 31.2 Å². The summed E-state index contributed by atoms with van der Waals surface area (Å²) in [6.45, 7) is 2.71. The molecular weight excluding hydrogens is 426 g/mol. The largest absolute Gasteiger partial charge is 0.550 e. The highest BCUT2D eigenvalue weighted by atomic mass is 16.5. The zero-order valence-electron chi connectivity index (χ0n) is 22.7. The molecule has 0 saturated heterocycles. The molecule has 0 bridgehead atoms. The average molecular weight is 480 g/mol. The van der Waals surface area contributed by atoms with Gasteiger partial charge in [0.1, 0.15) is 6.54 Å². The number of carboxylic acid groups (broad SMARTS) is 1. The third-order valence-corrected chi connectivity index (χ3v) is 5.78. The van der Waals surface area contributed by atoms with E-state index in [-0.39, 0.29) is 12.4 Å². The summed E-state index contributed by atoms with van der Waals surface area (Å²) in [5.41, 5.74) is 0. The number of likely N-dealkylation sites (N-methyl/N-ethyl adjacent to an activating group) is 1. The number of ether oxygens (including phenoxy) is 1. The summed E-state index contributed by atoms with van der Waals surface area (Å²) in [7, 11) is 5.84. The second-order valence-electron chi connectivity index (χ2n) is 10.6. The molecule has 0 aromatic heterocycles. The Morgan fingerprint density at radius 3 is 1.76 bits per heavy atom. The van der Waals surface area contributed by atoms with Crippen molar-refractivity contribution in [1.82, 2.24) is 0 Å². The highest BCUT2D eigenvalue weighted by molar-refractivity contribution is 5.70. The maximum atomic E-state index is 12.1. The van der Waals surface area contributed by atoms with Gasteiger partial charge in [0.25, 0.3) is 0 Å². The van der Waals surface area contributed by atoms with Crippen LogP contribution in [-0.4, -0.2) is 50.2 Å². The third kappa shape index (κ3) is 25.0. The van der Waals surface area contributed by atoms with E-state index in [1.54, 1.807) is 0 Å². The number of allylic oxidation sites excluding steroid dienone is 4. The minimum atomic E-state index is -1.18. The summed E-state index contributed by atoms with van der Waals surface area (Å²) in [5.74, 6) is -1.47. The molecule has 1 atom stereocenters. The fraction of sp³-hybridized carbons (Fsp3) is 0.793. The van der Waals surface area contributed by atoms with Gasteiger partial charge in [-0.3, -0.25) is 4.79 Å². The number of carboxylic acids is 1. The van der Waals surface area contributed by atoms with E-state index in [1.807, 2.05) is 21.1 Å². The summed E-state index contributed by atoms with van der Waals surface area (Å²) in [6, 6.07) is 0. The number of esters is 1. The monoisotopic (exact) mass is 479 g/mol. The van der Waals surface area contributed by atoms with Crippen LogP contribution in [0.1, 0.15) is 116 Å². The van der Waals surface area contributed by atoms with Crippen molar-refractivity contribution in [2.45, 2.75) is 122 Å². The summed E-state index contributed by atoms with van der Waals surface area (Å²) < 4.78 is 5.93. The van der Waals surface area contributed by atoms with E-state index < -0.39 is 12.1 Å². The molecule has 34 heavy (non-hydrogen) atoms. The number of hydrogen-bond acceptors (Lipinski definition) is 4. The first-order chi connectivity index (χ1) is 16.2. The van der Waals surface area contributed by atoms with Crippen molar-refractivity contribution < 1.29 is 23.9 Å². The van der Waals surface area contributed by atoms with Crippen LogP contribution in [-0.2, 0) is 14.3 Å². The predicted octanol–water partition coefficient (Wildman–Crippen LogP) is 6.12. The molecule has 0 spiro atoms. The Morgan fingerprint density at radius 1 is 0.765 bits per heavy atom. The summed E-state index contributed by atoms with van der Waals surface area (Å²) in [5, 5.41) is 10.9. The van der Waals surface area contributed by atoms with Gasteiger partial charge in [-0.1, -0.05) is 89.0 Å². The maximum absolute atomic E-state index is 12.1. The van der Waals surface area contributed by atoms with E-state index >= 15 is 0 Å². The summed E-state index contributed by atoms with van der Waals surface area (Å²) in [6.07, 6.45) is 26.8. The molecule has 0 amide bonds. The SMILES string of the molecule is CCCCC/C=C\C/C=C\CCCCCCCCCCCC(=O)OC(CC(=O)[O-])C[N+](C)(C)C. The minimum absolute atomic E-state index is 0.242. The van der Waals surface area contributed by atoms with Gasteiger partial charge in [0.15, 0.2) is 6.10 Å².